The number of hydrogen-bond acceptors (Lipinski definition) is 2. The van der Waals surface area contributed by atoms with Gasteiger partial charge in [-0.05, 0) is 44.9 Å². The topological polar surface area (TPSA) is 29.1 Å². The van der Waals surface area contributed by atoms with Gasteiger partial charge in [0.15, 0.2) is 5.78 Å². The fraction of sp³-hybridized carbons (Fsp3) is 0.500. The van der Waals surface area contributed by atoms with Crippen LogP contribution in [0.4, 0.5) is 0 Å². The predicted octanol–water partition coefficient (Wildman–Crippen LogP) is 2.63. The summed E-state index contributed by atoms with van der Waals surface area (Å²) >= 11 is 0. The second kappa shape index (κ2) is 4.79. The minimum atomic E-state index is 0.0363. The molecule has 0 amide bonds. The molecular formula is C14H19NO. The monoisotopic (exact) mass is 217 g/mol. The molecule has 2 rings (SSSR count). The second-order valence-electron chi connectivity index (χ2n) is 4.69. The van der Waals surface area contributed by atoms with E-state index in [1.165, 1.54) is 6.42 Å². The molecule has 1 fully saturated rings. The third kappa shape index (κ3) is 2.33. The highest BCUT2D eigenvalue weighted by atomic mass is 16.1. The second-order valence-corrected chi connectivity index (χ2v) is 4.69. The van der Waals surface area contributed by atoms with E-state index in [4.69, 9.17) is 0 Å². The van der Waals surface area contributed by atoms with Gasteiger partial charge in [0, 0.05) is 5.56 Å². The molecule has 1 atom stereocenters. The number of rotatable bonds is 2. The summed E-state index contributed by atoms with van der Waals surface area (Å²) in [6.07, 6.45) is 3.33. The maximum Gasteiger partial charge on any atom is 0.179 e. The van der Waals surface area contributed by atoms with Gasteiger partial charge in [-0.3, -0.25) is 4.79 Å². The summed E-state index contributed by atoms with van der Waals surface area (Å²) in [5.74, 6) is 0.265. The van der Waals surface area contributed by atoms with Crippen molar-refractivity contribution in [2.24, 2.45) is 0 Å². The molecule has 1 N–H and O–H groups in total. The average Bonchev–Trinajstić information content (AvgIpc) is 2.32. The van der Waals surface area contributed by atoms with Crippen LogP contribution in [-0.2, 0) is 0 Å². The van der Waals surface area contributed by atoms with Crippen molar-refractivity contribution >= 4 is 5.78 Å². The first-order valence-electron chi connectivity index (χ1n) is 6.03. The van der Waals surface area contributed by atoms with E-state index in [2.05, 4.69) is 11.4 Å². The summed E-state index contributed by atoms with van der Waals surface area (Å²) in [6, 6.07) is 6.13. The average molecular weight is 217 g/mol. The zero-order chi connectivity index (χ0) is 11.5. The predicted molar refractivity (Wildman–Crippen MR) is 65.9 cm³/mol. The van der Waals surface area contributed by atoms with E-state index >= 15 is 0 Å². The Morgan fingerprint density at radius 3 is 2.81 bits per heavy atom. The summed E-state index contributed by atoms with van der Waals surface area (Å²) < 4.78 is 0. The molecule has 1 aliphatic heterocycles. The van der Waals surface area contributed by atoms with Crippen molar-refractivity contribution in [1.82, 2.24) is 5.32 Å². The zero-order valence-corrected chi connectivity index (χ0v) is 10.0. The van der Waals surface area contributed by atoms with Gasteiger partial charge in [0.2, 0.25) is 0 Å². The highest BCUT2D eigenvalue weighted by Gasteiger charge is 2.22. The summed E-state index contributed by atoms with van der Waals surface area (Å²) in [6.45, 7) is 5.02. The molecule has 1 aromatic carbocycles. The summed E-state index contributed by atoms with van der Waals surface area (Å²) in [5, 5.41) is 3.31. The summed E-state index contributed by atoms with van der Waals surface area (Å²) in [4.78, 5) is 12.3. The van der Waals surface area contributed by atoms with Crippen molar-refractivity contribution in [3.8, 4) is 0 Å². The van der Waals surface area contributed by atoms with Crippen molar-refractivity contribution in [2.75, 3.05) is 6.54 Å². The lowest BCUT2D eigenvalue weighted by Gasteiger charge is -2.23. The van der Waals surface area contributed by atoms with Crippen LogP contribution in [0.1, 0.15) is 40.7 Å². The van der Waals surface area contributed by atoms with Gasteiger partial charge in [-0.15, -0.1) is 0 Å². The van der Waals surface area contributed by atoms with E-state index < -0.39 is 0 Å². The van der Waals surface area contributed by atoms with Gasteiger partial charge >= 0.3 is 0 Å². The Kier molecular flexibility index (Phi) is 3.39. The van der Waals surface area contributed by atoms with Gasteiger partial charge in [0.05, 0.1) is 6.04 Å². The van der Waals surface area contributed by atoms with E-state index in [9.17, 15) is 4.79 Å². The Bertz CT molecular complexity index is 392. The smallest absolute Gasteiger partial charge is 0.179 e. The number of ketones is 1. The Hall–Kier alpha value is -1.15. The molecule has 86 valence electrons. The van der Waals surface area contributed by atoms with Gasteiger partial charge in [-0.25, -0.2) is 0 Å². The van der Waals surface area contributed by atoms with E-state index in [0.29, 0.717) is 0 Å². The molecule has 1 unspecified atom stereocenters. The SMILES string of the molecule is Cc1ccc(C)c(C(=O)C2CCCCN2)c1. The third-order valence-corrected chi connectivity index (χ3v) is 3.29. The molecule has 2 nitrogen and oxygen atoms in total. The largest absolute Gasteiger partial charge is 0.307 e. The van der Waals surface area contributed by atoms with Crippen molar-refractivity contribution < 1.29 is 4.79 Å². The van der Waals surface area contributed by atoms with E-state index in [0.717, 1.165) is 36.1 Å². The standard InChI is InChI=1S/C14H19NO/c1-10-6-7-11(2)12(9-10)14(16)13-5-3-4-8-15-13/h6-7,9,13,15H,3-5,8H2,1-2H3. The van der Waals surface area contributed by atoms with Gasteiger partial charge in [-0.2, -0.15) is 0 Å². The Morgan fingerprint density at radius 1 is 1.31 bits per heavy atom. The number of piperidine rings is 1. The van der Waals surface area contributed by atoms with Crippen LogP contribution in [0.25, 0.3) is 0 Å². The van der Waals surface area contributed by atoms with E-state index in [-0.39, 0.29) is 11.8 Å². The lowest BCUT2D eigenvalue weighted by Crippen LogP contribution is -2.40. The number of nitrogens with one attached hydrogen (secondary N) is 1. The molecule has 0 aliphatic carbocycles. The third-order valence-electron chi connectivity index (χ3n) is 3.29. The van der Waals surface area contributed by atoms with Crippen LogP contribution < -0.4 is 5.32 Å². The van der Waals surface area contributed by atoms with Crippen molar-refractivity contribution in [2.45, 2.75) is 39.2 Å². The molecular weight excluding hydrogens is 198 g/mol. The quantitative estimate of drug-likeness (QED) is 0.772. The van der Waals surface area contributed by atoms with Crippen LogP contribution >= 0.6 is 0 Å². The van der Waals surface area contributed by atoms with Gasteiger partial charge < -0.3 is 5.32 Å². The van der Waals surface area contributed by atoms with Crippen LogP contribution in [0.3, 0.4) is 0 Å². The molecule has 0 aromatic heterocycles. The molecule has 1 aromatic rings. The minimum absolute atomic E-state index is 0.0363. The number of benzene rings is 1. The fourth-order valence-corrected chi connectivity index (χ4v) is 2.26. The number of hydrogen-bond donors (Lipinski definition) is 1. The van der Waals surface area contributed by atoms with E-state index in [1.807, 2.05) is 26.0 Å². The highest BCUT2D eigenvalue weighted by Crippen LogP contribution is 2.17. The molecule has 1 saturated heterocycles. The van der Waals surface area contributed by atoms with Gasteiger partial charge in [-0.1, -0.05) is 24.1 Å². The van der Waals surface area contributed by atoms with Crippen molar-refractivity contribution in [3.05, 3.63) is 34.9 Å². The first-order chi connectivity index (χ1) is 7.68. The Balaban J connectivity index is 2.22. The lowest BCUT2D eigenvalue weighted by atomic mass is 9.93. The summed E-state index contributed by atoms with van der Waals surface area (Å²) in [5.41, 5.74) is 3.13. The van der Waals surface area contributed by atoms with Crippen LogP contribution in [0.15, 0.2) is 18.2 Å². The summed E-state index contributed by atoms with van der Waals surface area (Å²) in [7, 11) is 0. The molecule has 1 aliphatic rings. The van der Waals surface area contributed by atoms with Crippen molar-refractivity contribution in [3.63, 3.8) is 0 Å². The molecule has 1 heterocycles. The maximum atomic E-state index is 12.3. The molecule has 16 heavy (non-hydrogen) atoms. The molecule has 0 radical (unpaired) electrons. The van der Waals surface area contributed by atoms with Gasteiger partial charge in [0.1, 0.15) is 0 Å². The molecule has 0 spiro atoms. The number of aryl methyl sites for hydroxylation is 2. The zero-order valence-electron chi connectivity index (χ0n) is 10.0. The minimum Gasteiger partial charge on any atom is -0.307 e. The number of carbonyl (C=O) groups excluding carboxylic acids is 1. The number of carbonyl (C=O) groups is 1. The van der Waals surface area contributed by atoms with Crippen LogP contribution in [0, 0.1) is 13.8 Å². The Labute approximate surface area is 97.1 Å². The fourth-order valence-electron chi connectivity index (χ4n) is 2.26. The maximum absolute atomic E-state index is 12.3. The van der Waals surface area contributed by atoms with Crippen LogP contribution in [0.2, 0.25) is 0 Å². The molecule has 0 saturated carbocycles. The van der Waals surface area contributed by atoms with Gasteiger partial charge in [0.25, 0.3) is 0 Å². The normalized spacial score (nSPS) is 20.8. The molecule has 2 heteroatoms. The van der Waals surface area contributed by atoms with E-state index in [1.54, 1.807) is 0 Å². The number of Topliss-reactive ketones (excluding diaryl/α,β-unsaturated/α-hetero) is 1. The molecule has 0 bridgehead atoms. The lowest BCUT2D eigenvalue weighted by molar-refractivity contribution is 0.0926. The highest BCUT2D eigenvalue weighted by molar-refractivity contribution is 6.01. The van der Waals surface area contributed by atoms with Crippen LogP contribution in [0.5, 0.6) is 0 Å². The van der Waals surface area contributed by atoms with Crippen LogP contribution in [-0.4, -0.2) is 18.4 Å². The first-order valence-corrected chi connectivity index (χ1v) is 6.03. The van der Waals surface area contributed by atoms with Crippen molar-refractivity contribution in [1.29, 1.82) is 0 Å². The Morgan fingerprint density at radius 2 is 2.12 bits per heavy atom. The first kappa shape index (κ1) is 11.3.